The number of rotatable bonds is 4. The molecule has 5 rings (SSSR count). The number of carbonyl (C=O) groups excluding carboxylic acids is 1. The van der Waals surface area contributed by atoms with E-state index in [4.69, 9.17) is 0 Å². The van der Waals surface area contributed by atoms with Gasteiger partial charge in [-0.05, 0) is 30.4 Å². The van der Waals surface area contributed by atoms with E-state index in [0.717, 1.165) is 60.2 Å². The van der Waals surface area contributed by atoms with Crippen molar-refractivity contribution in [2.24, 2.45) is 0 Å². The maximum absolute atomic E-state index is 13.2. The van der Waals surface area contributed by atoms with Crippen LogP contribution >= 0.6 is 11.8 Å². The predicted octanol–water partition coefficient (Wildman–Crippen LogP) is 1.45. The predicted molar refractivity (Wildman–Crippen MR) is 121 cm³/mol. The summed E-state index contributed by atoms with van der Waals surface area (Å²) >= 11 is 1.86. The Morgan fingerprint density at radius 1 is 1.16 bits per heavy atom. The summed E-state index contributed by atoms with van der Waals surface area (Å²) < 4.78 is 3.48. The molecule has 0 spiro atoms. The van der Waals surface area contributed by atoms with Crippen LogP contribution in [0.5, 0.6) is 0 Å². The molecule has 0 N–H and O–H groups in total. The monoisotopic (exact) mass is 438 g/mol. The molecule has 9 heteroatoms. The number of hydrogen-bond donors (Lipinski definition) is 0. The molecule has 5 heterocycles. The van der Waals surface area contributed by atoms with E-state index < -0.39 is 0 Å². The molecule has 1 amide bonds. The molecule has 162 valence electrons. The average molecular weight is 439 g/mol. The van der Waals surface area contributed by atoms with Crippen LogP contribution in [-0.2, 0) is 18.7 Å². The highest BCUT2D eigenvalue weighted by Crippen LogP contribution is 2.21. The molecule has 1 fully saturated rings. The summed E-state index contributed by atoms with van der Waals surface area (Å²) in [5.41, 5.74) is 4.34. The second-order valence-corrected chi connectivity index (χ2v) is 9.19. The number of amides is 1. The standard InChI is InChI=1S/C22H26N6O2S/c1-16-21(27-6-3-2-4-19(27)23-16)22(30)26-10-7-25(8-11-26)9-12-28-20(29)14-17-15-31-13-5-18(17)24-28/h2-4,6,14H,5,7-13,15H2,1H3. The lowest BCUT2D eigenvalue weighted by atomic mass is 10.2. The van der Waals surface area contributed by atoms with E-state index in [1.54, 1.807) is 10.7 Å². The van der Waals surface area contributed by atoms with Gasteiger partial charge >= 0.3 is 0 Å². The Hall–Kier alpha value is -2.65. The molecule has 3 aromatic rings. The lowest BCUT2D eigenvalue weighted by Crippen LogP contribution is -2.50. The van der Waals surface area contributed by atoms with Crippen molar-refractivity contribution in [2.75, 3.05) is 38.5 Å². The van der Waals surface area contributed by atoms with Gasteiger partial charge in [-0.3, -0.25) is 18.9 Å². The fourth-order valence-corrected chi connectivity index (χ4v) is 5.30. The molecular formula is C22H26N6O2S. The van der Waals surface area contributed by atoms with Gasteiger partial charge in [0, 0.05) is 57.2 Å². The molecule has 0 aliphatic carbocycles. The van der Waals surface area contributed by atoms with Crippen molar-refractivity contribution in [2.45, 2.75) is 25.6 Å². The van der Waals surface area contributed by atoms with Crippen LogP contribution in [0, 0.1) is 6.92 Å². The third-order valence-electron chi connectivity index (χ3n) is 6.10. The van der Waals surface area contributed by atoms with Crippen molar-refractivity contribution in [1.82, 2.24) is 29.0 Å². The fraction of sp³-hybridized carbons (Fsp3) is 0.455. The van der Waals surface area contributed by atoms with Crippen LogP contribution in [0.15, 0.2) is 35.3 Å². The zero-order chi connectivity index (χ0) is 21.4. The molecule has 2 aliphatic rings. The van der Waals surface area contributed by atoms with E-state index in [1.165, 1.54) is 0 Å². The summed E-state index contributed by atoms with van der Waals surface area (Å²) in [7, 11) is 0. The third kappa shape index (κ3) is 3.99. The normalized spacial score (nSPS) is 17.1. The van der Waals surface area contributed by atoms with Crippen LogP contribution in [0.4, 0.5) is 0 Å². The van der Waals surface area contributed by atoms with E-state index in [0.29, 0.717) is 25.3 Å². The molecule has 0 aromatic carbocycles. The number of piperazine rings is 1. The van der Waals surface area contributed by atoms with Gasteiger partial charge in [-0.15, -0.1) is 0 Å². The van der Waals surface area contributed by atoms with Crippen LogP contribution in [0.2, 0.25) is 0 Å². The summed E-state index contributed by atoms with van der Waals surface area (Å²) in [6, 6.07) is 7.51. The summed E-state index contributed by atoms with van der Waals surface area (Å²) in [5, 5.41) is 4.60. The molecular weight excluding hydrogens is 412 g/mol. The molecule has 0 bridgehead atoms. The highest BCUT2D eigenvalue weighted by molar-refractivity contribution is 7.98. The van der Waals surface area contributed by atoms with Crippen molar-refractivity contribution in [3.8, 4) is 0 Å². The number of thioether (sulfide) groups is 1. The zero-order valence-corrected chi connectivity index (χ0v) is 18.5. The van der Waals surface area contributed by atoms with Gasteiger partial charge in [0.25, 0.3) is 11.5 Å². The van der Waals surface area contributed by atoms with Gasteiger partial charge < -0.3 is 4.90 Å². The summed E-state index contributed by atoms with van der Waals surface area (Å²) in [6.07, 6.45) is 2.82. The van der Waals surface area contributed by atoms with E-state index >= 15 is 0 Å². The zero-order valence-electron chi connectivity index (χ0n) is 17.7. The summed E-state index contributed by atoms with van der Waals surface area (Å²) in [5.74, 6) is 1.99. The minimum atomic E-state index is -0.0156. The van der Waals surface area contributed by atoms with Gasteiger partial charge in [0.15, 0.2) is 0 Å². The average Bonchev–Trinajstić information content (AvgIpc) is 3.13. The van der Waals surface area contributed by atoms with Crippen LogP contribution < -0.4 is 5.56 Å². The SMILES string of the molecule is Cc1nc2ccccn2c1C(=O)N1CCN(CCn2nc3c(cc2=O)CSCC3)CC1. The van der Waals surface area contributed by atoms with E-state index in [2.05, 4.69) is 15.0 Å². The lowest BCUT2D eigenvalue weighted by Gasteiger charge is -2.34. The first-order chi connectivity index (χ1) is 15.1. The Balaban J connectivity index is 1.21. The molecule has 3 aromatic heterocycles. The van der Waals surface area contributed by atoms with Crippen LogP contribution in [0.3, 0.4) is 0 Å². The van der Waals surface area contributed by atoms with Crippen molar-refractivity contribution in [3.63, 3.8) is 0 Å². The maximum atomic E-state index is 13.2. The Kier molecular flexibility index (Phi) is 5.54. The molecule has 0 radical (unpaired) electrons. The number of aromatic nitrogens is 4. The van der Waals surface area contributed by atoms with Gasteiger partial charge in [0.1, 0.15) is 11.3 Å². The van der Waals surface area contributed by atoms with Crippen molar-refractivity contribution in [3.05, 3.63) is 63.5 Å². The van der Waals surface area contributed by atoms with Crippen molar-refractivity contribution in [1.29, 1.82) is 0 Å². The Morgan fingerprint density at radius 3 is 2.84 bits per heavy atom. The van der Waals surface area contributed by atoms with Crippen LogP contribution in [-0.4, -0.2) is 73.3 Å². The fourth-order valence-electron chi connectivity index (χ4n) is 4.34. The minimum Gasteiger partial charge on any atom is -0.335 e. The molecule has 2 aliphatic heterocycles. The number of nitrogens with zero attached hydrogens (tertiary/aromatic N) is 6. The largest absolute Gasteiger partial charge is 0.335 e. The first-order valence-corrected chi connectivity index (χ1v) is 11.9. The van der Waals surface area contributed by atoms with Crippen molar-refractivity contribution < 1.29 is 4.79 Å². The van der Waals surface area contributed by atoms with Gasteiger partial charge in [0.2, 0.25) is 0 Å². The molecule has 1 saturated heterocycles. The summed E-state index contributed by atoms with van der Waals surface area (Å²) in [6.45, 7) is 6.15. The lowest BCUT2D eigenvalue weighted by molar-refractivity contribution is 0.0624. The van der Waals surface area contributed by atoms with Gasteiger partial charge in [0.05, 0.1) is 17.9 Å². The van der Waals surface area contributed by atoms with Gasteiger partial charge in [-0.25, -0.2) is 9.67 Å². The molecule has 31 heavy (non-hydrogen) atoms. The first-order valence-electron chi connectivity index (χ1n) is 10.7. The van der Waals surface area contributed by atoms with Crippen LogP contribution in [0.1, 0.15) is 27.4 Å². The highest BCUT2D eigenvalue weighted by atomic mass is 32.2. The molecule has 0 atom stereocenters. The topological polar surface area (TPSA) is 75.7 Å². The molecule has 8 nitrogen and oxygen atoms in total. The van der Waals surface area contributed by atoms with Crippen molar-refractivity contribution >= 4 is 23.3 Å². The maximum Gasteiger partial charge on any atom is 0.272 e. The molecule has 0 unspecified atom stereocenters. The second-order valence-electron chi connectivity index (χ2n) is 8.09. The third-order valence-corrected chi connectivity index (χ3v) is 7.11. The number of aryl methyl sites for hydroxylation is 2. The van der Waals surface area contributed by atoms with E-state index in [9.17, 15) is 9.59 Å². The Labute approximate surface area is 184 Å². The minimum absolute atomic E-state index is 0.0156. The first kappa shape index (κ1) is 20.3. The number of fused-ring (bicyclic) bond motifs is 2. The molecule has 0 saturated carbocycles. The van der Waals surface area contributed by atoms with E-state index in [1.807, 2.05) is 52.4 Å². The smallest absolute Gasteiger partial charge is 0.272 e. The number of pyridine rings is 1. The number of hydrogen-bond acceptors (Lipinski definition) is 6. The number of carbonyl (C=O) groups is 1. The highest BCUT2D eigenvalue weighted by Gasteiger charge is 2.26. The Bertz CT molecular complexity index is 1180. The second kappa shape index (κ2) is 8.47. The Morgan fingerprint density at radius 2 is 2.00 bits per heavy atom. The summed E-state index contributed by atoms with van der Waals surface area (Å²) in [4.78, 5) is 34.3. The van der Waals surface area contributed by atoms with E-state index in [-0.39, 0.29) is 11.5 Å². The van der Waals surface area contributed by atoms with Gasteiger partial charge in [-0.2, -0.15) is 16.9 Å². The number of imidazole rings is 1. The van der Waals surface area contributed by atoms with Gasteiger partial charge in [-0.1, -0.05) is 6.07 Å². The van der Waals surface area contributed by atoms with Crippen LogP contribution in [0.25, 0.3) is 5.65 Å². The quantitative estimate of drug-likeness (QED) is 0.614.